The summed E-state index contributed by atoms with van der Waals surface area (Å²) in [5, 5.41) is 20.3. The first-order valence-corrected chi connectivity index (χ1v) is 12.3. The maximum atomic E-state index is 13.6. The Hall–Kier alpha value is -4.06. The third-order valence-corrected chi connectivity index (χ3v) is 7.82. The Morgan fingerprint density at radius 3 is 2.32 bits per heavy atom. The second kappa shape index (κ2) is 9.77. The number of carbonyl (C=O) groups excluding carboxylic acids is 3. The molecule has 0 spiro atoms. The molecule has 5 N–H and O–H groups in total. The molecule has 2 aromatic carbocycles. The molecule has 0 aromatic heterocycles. The molecule has 2 heterocycles. The van der Waals surface area contributed by atoms with Crippen molar-refractivity contribution in [1.82, 2.24) is 15.3 Å². The van der Waals surface area contributed by atoms with E-state index < -0.39 is 51.9 Å². The second-order valence-corrected chi connectivity index (χ2v) is 11.0. The Labute approximate surface area is 217 Å². The van der Waals surface area contributed by atoms with Crippen molar-refractivity contribution in [3.63, 3.8) is 0 Å². The number of amidine groups is 1. The number of nitrogens with one attached hydrogen (secondary N) is 2. The van der Waals surface area contributed by atoms with E-state index in [1.54, 1.807) is 56.3 Å². The number of nitrogen functional groups attached to an aromatic ring is 1. The summed E-state index contributed by atoms with van der Waals surface area (Å²) in [6, 6.07) is 11.4. The van der Waals surface area contributed by atoms with E-state index in [0.29, 0.717) is 11.1 Å². The maximum Gasteiger partial charge on any atom is 0.327 e. The third-order valence-electron chi connectivity index (χ3n) is 6.25. The van der Waals surface area contributed by atoms with E-state index in [4.69, 9.17) is 16.0 Å². The number of benzene rings is 2. The van der Waals surface area contributed by atoms with E-state index in [2.05, 4.69) is 5.32 Å². The fourth-order valence-electron chi connectivity index (χ4n) is 4.51. The normalized spacial score (nSPS) is 22.3. The lowest BCUT2D eigenvalue weighted by atomic mass is 9.95. The molecule has 4 rings (SSSR count). The summed E-state index contributed by atoms with van der Waals surface area (Å²) in [5.41, 5.74) is 6.40. The van der Waals surface area contributed by atoms with Crippen LogP contribution in [0.15, 0.2) is 54.6 Å². The van der Waals surface area contributed by atoms with Crippen molar-refractivity contribution in [3.05, 3.63) is 65.7 Å². The largest absolute Gasteiger partial charge is 0.480 e. The fourth-order valence-corrected chi connectivity index (χ4v) is 6.14. The van der Waals surface area contributed by atoms with Crippen LogP contribution in [-0.4, -0.2) is 66.8 Å². The Kier molecular flexibility index (Phi) is 6.87. The Balaban J connectivity index is 1.60. The molecule has 0 aliphatic carbocycles. The van der Waals surface area contributed by atoms with Crippen LogP contribution in [0.25, 0.3) is 0 Å². The first kappa shape index (κ1) is 26.0. The number of hydrogen-bond donors (Lipinski definition) is 4. The van der Waals surface area contributed by atoms with Crippen LogP contribution in [0.3, 0.4) is 0 Å². The van der Waals surface area contributed by atoms with Crippen LogP contribution in [0.1, 0.15) is 37.9 Å². The summed E-state index contributed by atoms with van der Waals surface area (Å²) in [7, 11) is 0. The number of carbonyl (C=O) groups is 4. The van der Waals surface area contributed by atoms with Crippen LogP contribution in [0.5, 0.6) is 5.75 Å². The molecule has 37 heavy (non-hydrogen) atoms. The van der Waals surface area contributed by atoms with E-state index in [0.717, 1.165) is 5.06 Å². The molecule has 194 valence electrons. The minimum atomic E-state index is -1.25. The molecule has 12 heteroatoms. The average molecular weight is 526 g/mol. The fraction of sp³-hybridized carbons (Fsp3) is 0.320. The number of carboxylic acid groups (broad SMARTS) is 1. The number of thioether (sulfide) groups is 1. The summed E-state index contributed by atoms with van der Waals surface area (Å²) in [4.78, 5) is 58.1. The van der Waals surface area contributed by atoms with Gasteiger partial charge in [0.1, 0.15) is 23.3 Å². The summed E-state index contributed by atoms with van der Waals surface area (Å²) >= 11 is 1.31. The second-order valence-electron chi connectivity index (χ2n) is 9.27. The van der Waals surface area contributed by atoms with Crippen molar-refractivity contribution in [1.29, 1.82) is 5.41 Å². The van der Waals surface area contributed by atoms with Gasteiger partial charge >= 0.3 is 5.97 Å². The number of aliphatic carboxylic acids is 1. The molecule has 11 nitrogen and oxygen atoms in total. The first-order chi connectivity index (χ1) is 17.4. The molecule has 0 radical (unpaired) electrons. The van der Waals surface area contributed by atoms with Gasteiger partial charge in [0.05, 0.1) is 0 Å². The molecule has 2 aliphatic rings. The number of β-lactam (4-membered cyclic amide) rings is 1. The summed E-state index contributed by atoms with van der Waals surface area (Å²) in [6.07, 6.45) is 0. The van der Waals surface area contributed by atoms with Gasteiger partial charge < -0.3 is 25.9 Å². The number of rotatable bonds is 8. The average Bonchev–Trinajstić information content (AvgIpc) is 3.11. The smallest absolute Gasteiger partial charge is 0.327 e. The number of hydroxylamine groups is 2. The topological polar surface area (TPSA) is 166 Å². The highest BCUT2D eigenvalue weighted by molar-refractivity contribution is 8.01. The number of fused-ring (bicyclic) bond motifs is 1. The van der Waals surface area contributed by atoms with Crippen molar-refractivity contribution in [2.45, 2.75) is 49.0 Å². The predicted molar refractivity (Wildman–Crippen MR) is 135 cm³/mol. The molecule has 3 amide bonds. The number of hydrogen-bond acceptors (Lipinski definition) is 7. The minimum Gasteiger partial charge on any atom is -0.480 e. The zero-order valence-electron chi connectivity index (χ0n) is 20.4. The molecule has 4 atom stereocenters. The maximum absolute atomic E-state index is 13.6. The van der Waals surface area contributed by atoms with Gasteiger partial charge in [0, 0.05) is 17.2 Å². The van der Waals surface area contributed by atoms with E-state index in [1.165, 1.54) is 35.7 Å². The van der Waals surface area contributed by atoms with Gasteiger partial charge in [0.25, 0.3) is 11.8 Å². The van der Waals surface area contributed by atoms with Crippen molar-refractivity contribution in [2.75, 3.05) is 0 Å². The standard InChI is InChI=1S/C25H27N5O6S/c1-13(31)30(36-16-11-9-15(10-12-16)20(26)27)18(14-7-5-4-6-8-14)21(32)28-17-22(33)29-19(24(34)35)25(2,3)37-23(17)29/h4-12,17-19,23H,1-3H3,(H3,26,27)(H,28,32)(H,34,35)/t17?,18?,19-,23+/m0/s1. The van der Waals surface area contributed by atoms with Crippen LogP contribution in [0, 0.1) is 5.41 Å². The van der Waals surface area contributed by atoms with Crippen molar-refractivity contribution >= 4 is 41.3 Å². The monoisotopic (exact) mass is 525 g/mol. The third kappa shape index (κ3) is 4.84. The Morgan fingerprint density at radius 2 is 1.78 bits per heavy atom. The zero-order valence-corrected chi connectivity index (χ0v) is 21.2. The van der Waals surface area contributed by atoms with Gasteiger partial charge in [-0.15, -0.1) is 11.8 Å². The van der Waals surface area contributed by atoms with Crippen LogP contribution < -0.4 is 15.9 Å². The van der Waals surface area contributed by atoms with Gasteiger partial charge in [0.15, 0.2) is 11.8 Å². The molecule has 2 aromatic rings. The van der Waals surface area contributed by atoms with E-state index >= 15 is 0 Å². The van der Waals surface area contributed by atoms with Crippen LogP contribution >= 0.6 is 11.8 Å². The minimum absolute atomic E-state index is 0.131. The zero-order chi connectivity index (χ0) is 27.1. The number of nitrogens with zero attached hydrogens (tertiary/aromatic N) is 2. The molecule has 2 aliphatic heterocycles. The van der Waals surface area contributed by atoms with Gasteiger partial charge in [-0.2, -0.15) is 5.06 Å². The summed E-state index contributed by atoms with van der Waals surface area (Å²) in [6.45, 7) is 4.74. The molecule has 0 saturated carbocycles. The van der Waals surface area contributed by atoms with Crippen molar-refractivity contribution < 1.29 is 29.1 Å². The highest BCUT2D eigenvalue weighted by atomic mass is 32.2. The van der Waals surface area contributed by atoms with Gasteiger partial charge in [0.2, 0.25) is 5.91 Å². The molecule has 2 saturated heterocycles. The van der Waals surface area contributed by atoms with Crippen molar-refractivity contribution in [3.8, 4) is 5.75 Å². The van der Waals surface area contributed by atoms with Gasteiger partial charge in [-0.1, -0.05) is 30.3 Å². The van der Waals surface area contributed by atoms with E-state index in [1.807, 2.05) is 0 Å². The highest BCUT2D eigenvalue weighted by Crippen LogP contribution is 2.50. The van der Waals surface area contributed by atoms with Gasteiger partial charge in [-0.05, 0) is 43.7 Å². The highest BCUT2D eigenvalue weighted by Gasteiger charge is 2.64. The molecular formula is C25H27N5O6S. The van der Waals surface area contributed by atoms with Gasteiger partial charge in [-0.25, -0.2) is 4.79 Å². The van der Waals surface area contributed by atoms with Crippen LogP contribution in [0.4, 0.5) is 0 Å². The van der Waals surface area contributed by atoms with Gasteiger partial charge in [-0.3, -0.25) is 19.8 Å². The molecule has 2 unspecified atom stereocenters. The molecular weight excluding hydrogens is 498 g/mol. The number of amides is 3. The molecule has 2 fully saturated rings. The van der Waals surface area contributed by atoms with E-state index in [-0.39, 0.29) is 11.6 Å². The van der Waals surface area contributed by atoms with Crippen LogP contribution in [0.2, 0.25) is 0 Å². The Bertz CT molecular complexity index is 1250. The SMILES string of the molecule is CC(=O)N(Oc1ccc(C(=N)N)cc1)C(C(=O)NC1C(=O)N2[C@@H]1SC(C)(C)[C@@H]2C(=O)O)c1ccccc1. The summed E-state index contributed by atoms with van der Waals surface area (Å²) in [5.74, 6) is -2.72. The number of carboxylic acids is 1. The lowest BCUT2D eigenvalue weighted by molar-refractivity contribution is -0.172. The lowest BCUT2D eigenvalue weighted by Crippen LogP contribution is -2.71. The summed E-state index contributed by atoms with van der Waals surface area (Å²) < 4.78 is -0.745. The Morgan fingerprint density at radius 1 is 1.16 bits per heavy atom. The first-order valence-electron chi connectivity index (χ1n) is 11.4. The quantitative estimate of drug-likeness (QED) is 0.174. The predicted octanol–water partition coefficient (Wildman–Crippen LogP) is 1.49. The van der Waals surface area contributed by atoms with E-state index in [9.17, 15) is 24.3 Å². The van der Waals surface area contributed by atoms with Crippen molar-refractivity contribution in [2.24, 2.45) is 5.73 Å². The lowest BCUT2D eigenvalue weighted by Gasteiger charge is -2.44. The number of nitrogens with two attached hydrogens (primary N) is 1. The van der Waals surface area contributed by atoms with Crippen LogP contribution in [-0.2, 0) is 19.2 Å². The molecule has 0 bridgehead atoms.